The van der Waals surface area contributed by atoms with Gasteiger partial charge in [0, 0.05) is 28.6 Å². The van der Waals surface area contributed by atoms with Crippen molar-refractivity contribution in [1.29, 1.82) is 0 Å². The van der Waals surface area contributed by atoms with Crippen LogP contribution in [-0.4, -0.2) is 37.7 Å². The Morgan fingerprint density at radius 1 is 1.03 bits per heavy atom. The highest BCUT2D eigenvalue weighted by atomic mass is 35.5. The van der Waals surface area contributed by atoms with E-state index in [0.29, 0.717) is 22.9 Å². The van der Waals surface area contributed by atoms with Crippen LogP contribution in [0.4, 0.5) is 0 Å². The number of benzene rings is 1. The smallest absolute Gasteiger partial charge is 0.297 e. The number of nitrogens with zero attached hydrogens (tertiary/aromatic N) is 4. The molecule has 1 N–H and O–H groups in total. The van der Waals surface area contributed by atoms with Crippen molar-refractivity contribution in [2.75, 3.05) is 13.1 Å². The predicted molar refractivity (Wildman–Crippen MR) is 133 cm³/mol. The van der Waals surface area contributed by atoms with E-state index in [9.17, 15) is 9.90 Å². The quantitative estimate of drug-likeness (QED) is 0.567. The van der Waals surface area contributed by atoms with E-state index in [1.165, 1.54) is 24.2 Å². The standard InChI is InChI=1S/C24H32N4O2S.ClH/c1-23(2,3)16-11-15(12-17(20(16)29)24(4,5)6)19-14-31-22-25-21(30)18(26-28(19)22)13-27-9-7-8-10-27;/h11-12,14,29H,7-10,13H2,1-6H3;1H. The van der Waals surface area contributed by atoms with Crippen LogP contribution >= 0.6 is 23.7 Å². The molecule has 1 aliphatic rings. The number of aromatic nitrogens is 3. The number of hydrogen-bond donors (Lipinski definition) is 1. The van der Waals surface area contributed by atoms with Crippen molar-refractivity contribution >= 4 is 28.7 Å². The van der Waals surface area contributed by atoms with Gasteiger partial charge in [-0.3, -0.25) is 9.69 Å². The Kier molecular flexibility index (Phi) is 6.76. The zero-order valence-corrected chi connectivity index (χ0v) is 21.4. The molecule has 0 bridgehead atoms. The first-order valence-electron chi connectivity index (χ1n) is 10.9. The zero-order valence-electron chi connectivity index (χ0n) is 19.7. The lowest BCUT2D eigenvalue weighted by atomic mass is 9.78. The van der Waals surface area contributed by atoms with Crippen LogP contribution in [0.5, 0.6) is 5.75 Å². The molecule has 0 radical (unpaired) electrons. The van der Waals surface area contributed by atoms with Gasteiger partial charge in [-0.25, -0.2) is 4.52 Å². The van der Waals surface area contributed by atoms with E-state index in [0.717, 1.165) is 35.5 Å². The monoisotopic (exact) mass is 476 g/mol. The minimum Gasteiger partial charge on any atom is -0.507 e. The Balaban J connectivity index is 0.00000289. The first kappa shape index (κ1) is 24.7. The van der Waals surface area contributed by atoms with Crippen LogP contribution in [0.2, 0.25) is 0 Å². The van der Waals surface area contributed by atoms with Crippen LogP contribution in [0.3, 0.4) is 0 Å². The van der Waals surface area contributed by atoms with E-state index in [1.807, 2.05) is 17.5 Å². The summed E-state index contributed by atoms with van der Waals surface area (Å²) in [5.41, 5.74) is 3.49. The molecule has 1 saturated heterocycles. The lowest BCUT2D eigenvalue weighted by Gasteiger charge is -2.28. The third kappa shape index (κ3) is 4.70. The fourth-order valence-corrected chi connectivity index (χ4v) is 4.99. The van der Waals surface area contributed by atoms with Gasteiger partial charge in [0.15, 0.2) is 0 Å². The maximum absolute atomic E-state index is 12.5. The molecule has 0 atom stereocenters. The van der Waals surface area contributed by atoms with Gasteiger partial charge in [0.2, 0.25) is 4.96 Å². The Hall–Kier alpha value is -1.96. The van der Waals surface area contributed by atoms with Crippen LogP contribution < -0.4 is 5.56 Å². The average molecular weight is 477 g/mol. The molecule has 1 fully saturated rings. The van der Waals surface area contributed by atoms with Crippen LogP contribution in [0, 0.1) is 0 Å². The minimum atomic E-state index is -0.239. The molecule has 32 heavy (non-hydrogen) atoms. The van der Waals surface area contributed by atoms with Crippen molar-refractivity contribution < 1.29 is 5.11 Å². The molecule has 0 spiro atoms. The van der Waals surface area contributed by atoms with E-state index in [1.54, 1.807) is 4.52 Å². The largest absolute Gasteiger partial charge is 0.507 e. The molecular formula is C24H33ClN4O2S. The van der Waals surface area contributed by atoms with Gasteiger partial charge in [0.1, 0.15) is 11.4 Å². The topological polar surface area (TPSA) is 70.7 Å². The Bertz CT molecular complexity index is 1150. The molecule has 2 aromatic heterocycles. The SMILES string of the molecule is CC(C)(C)c1cc(-c2csc3nc(=O)c(CN4CCCC4)nn23)cc(C(C)(C)C)c1O.Cl. The third-order valence-corrected chi connectivity index (χ3v) is 6.76. The lowest BCUT2D eigenvalue weighted by Crippen LogP contribution is -2.27. The van der Waals surface area contributed by atoms with Gasteiger partial charge in [-0.2, -0.15) is 10.1 Å². The highest BCUT2D eigenvalue weighted by molar-refractivity contribution is 7.15. The van der Waals surface area contributed by atoms with Gasteiger partial charge in [0.05, 0.1) is 5.69 Å². The molecule has 1 aromatic carbocycles. The summed E-state index contributed by atoms with van der Waals surface area (Å²) in [5, 5.41) is 17.8. The fraction of sp³-hybridized carbons (Fsp3) is 0.542. The molecule has 0 aliphatic carbocycles. The molecule has 0 unspecified atom stereocenters. The van der Waals surface area contributed by atoms with Crippen LogP contribution in [0.1, 0.15) is 71.2 Å². The number of phenols is 1. The number of likely N-dealkylation sites (tertiary alicyclic amines) is 1. The van der Waals surface area contributed by atoms with Gasteiger partial charge in [0.25, 0.3) is 5.56 Å². The van der Waals surface area contributed by atoms with Crippen molar-refractivity contribution in [2.24, 2.45) is 0 Å². The van der Waals surface area contributed by atoms with E-state index in [4.69, 9.17) is 5.10 Å². The summed E-state index contributed by atoms with van der Waals surface area (Å²) in [6.45, 7) is 15.2. The first-order chi connectivity index (χ1) is 14.4. The van der Waals surface area contributed by atoms with Gasteiger partial charge in [-0.15, -0.1) is 23.7 Å². The summed E-state index contributed by atoms with van der Waals surface area (Å²) >= 11 is 1.42. The minimum absolute atomic E-state index is 0. The predicted octanol–water partition coefficient (Wildman–Crippen LogP) is 5.14. The van der Waals surface area contributed by atoms with Gasteiger partial charge in [-0.05, 0) is 48.9 Å². The van der Waals surface area contributed by atoms with E-state index < -0.39 is 0 Å². The second-order valence-electron chi connectivity index (χ2n) is 10.6. The lowest BCUT2D eigenvalue weighted by molar-refractivity contribution is 0.323. The normalized spacial score (nSPS) is 15.3. The second-order valence-corrected chi connectivity index (χ2v) is 11.4. The summed E-state index contributed by atoms with van der Waals surface area (Å²) in [6, 6.07) is 4.10. The molecule has 8 heteroatoms. The number of hydrogen-bond acceptors (Lipinski definition) is 6. The summed E-state index contributed by atoms with van der Waals surface area (Å²) in [6.07, 6.45) is 2.33. The maximum atomic E-state index is 12.5. The summed E-state index contributed by atoms with van der Waals surface area (Å²) in [5.74, 6) is 0.357. The molecule has 0 amide bonds. The van der Waals surface area contributed by atoms with Crippen LogP contribution in [0.15, 0.2) is 22.3 Å². The first-order valence-corrected chi connectivity index (χ1v) is 11.8. The van der Waals surface area contributed by atoms with Crippen molar-refractivity contribution in [3.05, 3.63) is 44.7 Å². The molecular weight excluding hydrogens is 444 g/mol. The molecule has 1 aliphatic heterocycles. The van der Waals surface area contributed by atoms with Crippen LogP contribution in [0.25, 0.3) is 16.2 Å². The van der Waals surface area contributed by atoms with Crippen molar-refractivity contribution in [3.8, 4) is 17.0 Å². The Labute approximate surface area is 199 Å². The van der Waals surface area contributed by atoms with E-state index in [-0.39, 0.29) is 28.8 Å². The number of thiazole rings is 1. The number of rotatable bonds is 3. The summed E-state index contributed by atoms with van der Waals surface area (Å²) in [7, 11) is 0. The molecule has 0 saturated carbocycles. The number of phenolic OH excluding ortho intramolecular Hbond substituents is 1. The van der Waals surface area contributed by atoms with Gasteiger partial charge < -0.3 is 5.11 Å². The highest BCUT2D eigenvalue weighted by Crippen LogP contribution is 2.42. The van der Waals surface area contributed by atoms with E-state index >= 15 is 0 Å². The van der Waals surface area contributed by atoms with Crippen LogP contribution in [-0.2, 0) is 17.4 Å². The summed E-state index contributed by atoms with van der Waals surface area (Å²) < 4.78 is 1.79. The molecule has 3 heterocycles. The number of halogens is 1. The second kappa shape index (κ2) is 8.76. The zero-order chi connectivity index (χ0) is 22.6. The fourth-order valence-electron chi connectivity index (χ4n) is 4.16. The number of aromatic hydroxyl groups is 1. The maximum Gasteiger partial charge on any atom is 0.297 e. The Morgan fingerprint density at radius 2 is 1.59 bits per heavy atom. The molecule has 174 valence electrons. The average Bonchev–Trinajstić information content (AvgIpc) is 3.30. The Morgan fingerprint density at radius 3 is 2.12 bits per heavy atom. The number of fused-ring (bicyclic) bond motifs is 1. The van der Waals surface area contributed by atoms with Crippen molar-refractivity contribution in [2.45, 2.75) is 71.8 Å². The van der Waals surface area contributed by atoms with E-state index in [2.05, 4.69) is 51.4 Å². The summed E-state index contributed by atoms with van der Waals surface area (Å²) in [4.78, 5) is 19.7. The van der Waals surface area contributed by atoms with Crippen molar-refractivity contribution in [1.82, 2.24) is 19.5 Å². The van der Waals surface area contributed by atoms with Gasteiger partial charge >= 0.3 is 0 Å². The molecule has 4 rings (SSSR count). The molecule has 6 nitrogen and oxygen atoms in total. The third-order valence-electron chi connectivity index (χ3n) is 5.94. The van der Waals surface area contributed by atoms with Crippen molar-refractivity contribution in [3.63, 3.8) is 0 Å². The van der Waals surface area contributed by atoms with Gasteiger partial charge in [-0.1, -0.05) is 41.5 Å². The highest BCUT2D eigenvalue weighted by Gasteiger charge is 2.27. The molecule has 3 aromatic rings.